The van der Waals surface area contributed by atoms with Gasteiger partial charge in [-0.2, -0.15) is 0 Å². The van der Waals surface area contributed by atoms with Crippen molar-refractivity contribution in [2.75, 3.05) is 32.7 Å². The summed E-state index contributed by atoms with van der Waals surface area (Å²) >= 11 is 0. The zero-order chi connectivity index (χ0) is 16.1. The molecule has 1 heterocycles. The van der Waals surface area contributed by atoms with Crippen LogP contribution in [0.2, 0.25) is 0 Å². The second kappa shape index (κ2) is 7.65. The van der Waals surface area contributed by atoms with Crippen molar-refractivity contribution in [3.8, 4) is 0 Å². The van der Waals surface area contributed by atoms with E-state index in [1.54, 1.807) is 0 Å². The van der Waals surface area contributed by atoms with Crippen LogP contribution in [0.15, 0.2) is 18.2 Å². The molecule has 2 rings (SSSR count). The topological polar surface area (TPSA) is 49.6 Å². The first-order chi connectivity index (χ1) is 10.5. The Kier molecular flexibility index (Phi) is 5.85. The third-order valence-electron chi connectivity index (χ3n) is 4.22. The summed E-state index contributed by atoms with van der Waals surface area (Å²) in [6.07, 6.45) is 1.19. The molecule has 1 aliphatic heterocycles. The number of carbonyl (C=O) groups excluding carboxylic acids is 1. The van der Waals surface area contributed by atoms with Crippen molar-refractivity contribution in [2.45, 2.75) is 25.8 Å². The molecule has 0 radical (unpaired) electrons. The number of piperazine rings is 1. The molecule has 0 aliphatic carbocycles. The summed E-state index contributed by atoms with van der Waals surface area (Å²) in [5.41, 5.74) is 5.91. The van der Waals surface area contributed by atoms with Crippen molar-refractivity contribution in [1.82, 2.24) is 9.80 Å². The monoisotopic (exact) mass is 311 g/mol. The molecule has 0 spiro atoms. The van der Waals surface area contributed by atoms with Gasteiger partial charge in [0.15, 0.2) is 0 Å². The van der Waals surface area contributed by atoms with E-state index >= 15 is 0 Å². The van der Waals surface area contributed by atoms with E-state index < -0.39 is 11.6 Å². The summed E-state index contributed by atoms with van der Waals surface area (Å²) in [6.45, 7) is 5.07. The van der Waals surface area contributed by atoms with Crippen LogP contribution in [-0.2, 0) is 4.79 Å². The third kappa shape index (κ3) is 4.01. The number of benzene rings is 1. The van der Waals surface area contributed by atoms with Gasteiger partial charge in [-0.15, -0.1) is 0 Å². The summed E-state index contributed by atoms with van der Waals surface area (Å²) in [5.74, 6) is -0.955. The van der Waals surface area contributed by atoms with E-state index in [-0.39, 0.29) is 11.9 Å². The first-order valence-electron chi connectivity index (χ1n) is 7.69. The van der Waals surface area contributed by atoms with E-state index in [1.807, 2.05) is 11.8 Å². The predicted octanol–water partition coefficient (Wildman–Crippen LogP) is 1.91. The number of rotatable bonds is 5. The molecule has 0 saturated carbocycles. The Balaban J connectivity index is 1.92. The molecule has 2 N–H and O–H groups in total. The maximum absolute atomic E-state index is 13.9. The molecule has 0 aromatic heterocycles. The van der Waals surface area contributed by atoms with Gasteiger partial charge in [-0.3, -0.25) is 9.69 Å². The van der Waals surface area contributed by atoms with Gasteiger partial charge in [0.25, 0.3) is 0 Å². The van der Waals surface area contributed by atoms with Gasteiger partial charge >= 0.3 is 0 Å². The Morgan fingerprint density at radius 2 is 1.95 bits per heavy atom. The molecule has 0 bridgehead atoms. The first kappa shape index (κ1) is 16.8. The number of nitrogens with zero attached hydrogens (tertiary/aromatic N) is 2. The molecule has 4 nitrogen and oxygen atoms in total. The van der Waals surface area contributed by atoms with E-state index in [0.29, 0.717) is 51.1 Å². The molecule has 1 amide bonds. The third-order valence-corrected chi connectivity index (χ3v) is 4.22. The first-order valence-corrected chi connectivity index (χ1v) is 7.69. The highest BCUT2D eigenvalue weighted by Gasteiger charge is 2.25. The van der Waals surface area contributed by atoms with E-state index in [1.165, 1.54) is 12.1 Å². The molecule has 1 aromatic rings. The van der Waals surface area contributed by atoms with E-state index in [0.717, 1.165) is 6.07 Å². The fourth-order valence-electron chi connectivity index (χ4n) is 2.81. The molecule has 1 atom stereocenters. The number of hydrogen-bond acceptors (Lipinski definition) is 3. The summed E-state index contributed by atoms with van der Waals surface area (Å²) in [4.78, 5) is 15.9. The molecule has 1 fully saturated rings. The average Bonchev–Trinajstić information content (AvgIpc) is 2.52. The van der Waals surface area contributed by atoms with Gasteiger partial charge in [0.2, 0.25) is 5.91 Å². The Morgan fingerprint density at radius 1 is 1.27 bits per heavy atom. The molecule has 122 valence electrons. The standard InChI is InChI=1S/C16H23F2N3O/c1-12(14-5-4-13(17)11-15(14)18)20-7-9-21(10-8-20)16(22)3-2-6-19/h4-5,11-12H,2-3,6-10,19H2,1H3. The van der Waals surface area contributed by atoms with Crippen molar-refractivity contribution in [3.05, 3.63) is 35.4 Å². The number of amides is 1. The average molecular weight is 311 g/mol. The van der Waals surface area contributed by atoms with Crippen molar-refractivity contribution in [1.29, 1.82) is 0 Å². The van der Waals surface area contributed by atoms with Crippen molar-refractivity contribution in [2.24, 2.45) is 5.73 Å². The highest BCUT2D eigenvalue weighted by molar-refractivity contribution is 5.76. The summed E-state index contributed by atoms with van der Waals surface area (Å²) in [6, 6.07) is 3.55. The predicted molar refractivity (Wildman–Crippen MR) is 81.2 cm³/mol. The number of nitrogens with two attached hydrogens (primary N) is 1. The lowest BCUT2D eigenvalue weighted by Gasteiger charge is -2.38. The van der Waals surface area contributed by atoms with Crippen LogP contribution >= 0.6 is 0 Å². The quantitative estimate of drug-likeness (QED) is 0.904. The highest BCUT2D eigenvalue weighted by Crippen LogP contribution is 2.24. The molecule has 1 saturated heterocycles. The summed E-state index contributed by atoms with van der Waals surface area (Å²) in [5, 5.41) is 0. The van der Waals surface area contributed by atoms with Crippen molar-refractivity contribution < 1.29 is 13.6 Å². The van der Waals surface area contributed by atoms with Crippen LogP contribution < -0.4 is 5.73 Å². The number of halogens is 2. The summed E-state index contributed by atoms with van der Waals surface area (Å²) < 4.78 is 26.8. The smallest absolute Gasteiger partial charge is 0.222 e. The van der Waals surface area contributed by atoms with E-state index in [9.17, 15) is 13.6 Å². The molecule has 6 heteroatoms. The SMILES string of the molecule is CC(c1ccc(F)cc1F)N1CCN(C(=O)CCCN)CC1. The normalized spacial score (nSPS) is 17.5. The van der Waals surface area contributed by atoms with Crippen LogP contribution in [0.5, 0.6) is 0 Å². The van der Waals surface area contributed by atoms with Crippen molar-refractivity contribution >= 4 is 5.91 Å². The Morgan fingerprint density at radius 3 is 2.55 bits per heavy atom. The van der Waals surface area contributed by atoms with Crippen LogP contribution in [0.1, 0.15) is 31.4 Å². The van der Waals surface area contributed by atoms with Crippen LogP contribution in [0.3, 0.4) is 0 Å². The van der Waals surface area contributed by atoms with Gasteiger partial charge in [-0.1, -0.05) is 6.07 Å². The van der Waals surface area contributed by atoms with Gasteiger partial charge in [0.05, 0.1) is 0 Å². The Bertz CT molecular complexity index is 516. The van der Waals surface area contributed by atoms with Gasteiger partial charge in [-0.05, 0) is 26.0 Å². The van der Waals surface area contributed by atoms with E-state index in [2.05, 4.69) is 4.90 Å². The van der Waals surface area contributed by atoms with Crippen LogP contribution in [-0.4, -0.2) is 48.4 Å². The maximum atomic E-state index is 13.9. The molecule has 1 aliphatic rings. The minimum absolute atomic E-state index is 0.130. The number of carbonyl (C=O) groups is 1. The Labute approximate surface area is 129 Å². The fraction of sp³-hybridized carbons (Fsp3) is 0.562. The highest BCUT2D eigenvalue weighted by atomic mass is 19.1. The lowest BCUT2D eigenvalue weighted by molar-refractivity contribution is -0.133. The Hall–Kier alpha value is -1.53. The zero-order valence-electron chi connectivity index (χ0n) is 12.9. The van der Waals surface area contributed by atoms with Gasteiger partial charge in [-0.25, -0.2) is 8.78 Å². The summed E-state index contributed by atoms with van der Waals surface area (Å²) in [7, 11) is 0. The van der Waals surface area contributed by atoms with E-state index in [4.69, 9.17) is 5.73 Å². The van der Waals surface area contributed by atoms with Crippen molar-refractivity contribution in [3.63, 3.8) is 0 Å². The fourth-order valence-corrected chi connectivity index (χ4v) is 2.81. The second-order valence-electron chi connectivity index (χ2n) is 5.65. The maximum Gasteiger partial charge on any atom is 0.222 e. The molecular weight excluding hydrogens is 288 g/mol. The molecule has 22 heavy (non-hydrogen) atoms. The van der Waals surface area contributed by atoms with Crippen LogP contribution in [0.4, 0.5) is 8.78 Å². The molecular formula is C16H23F2N3O. The van der Waals surface area contributed by atoms with Gasteiger partial charge in [0.1, 0.15) is 11.6 Å². The molecule has 1 aromatic carbocycles. The van der Waals surface area contributed by atoms with Crippen LogP contribution in [0.25, 0.3) is 0 Å². The lowest BCUT2D eigenvalue weighted by Crippen LogP contribution is -2.49. The minimum atomic E-state index is -0.566. The largest absolute Gasteiger partial charge is 0.340 e. The lowest BCUT2D eigenvalue weighted by atomic mass is 10.1. The second-order valence-corrected chi connectivity index (χ2v) is 5.65. The van der Waals surface area contributed by atoms with Crippen LogP contribution in [0, 0.1) is 11.6 Å². The minimum Gasteiger partial charge on any atom is -0.340 e. The van der Waals surface area contributed by atoms with Gasteiger partial charge in [0, 0.05) is 50.3 Å². The van der Waals surface area contributed by atoms with Gasteiger partial charge < -0.3 is 10.6 Å². The number of hydrogen-bond donors (Lipinski definition) is 1. The zero-order valence-corrected chi connectivity index (χ0v) is 12.9. The molecule has 1 unspecified atom stereocenters.